The normalized spacial score (nSPS) is 20.9. The maximum atomic E-state index is 10.6. The first-order chi connectivity index (χ1) is 8.38. The van der Waals surface area contributed by atoms with Crippen molar-refractivity contribution in [2.75, 3.05) is 0 Å². The van der Waals surface area contributed by atoms with Crippen LogP contribution in [-0.4, -0.2) is 49.9 Å². The fourth-order valence-corrected chi connectivity index (χ4v) is 1.19. The number of esters is 2. The van der Waals surface area contributed by atoms with E-state index in [4.69, 9.17) is 10.2 Å². The van der Waals surface area contributed by atoms with Gasteiger partial charge < -0.3 is 20.4 Å². The molecule has 1 heterocycles. The Hall–Kier alpha value is 0.848. The topological polar surface area (TPSA) is 149 Å². The minimum atomic E-state index is -1.37. The zero-order valence-electron chi connectivity index (χ0n) is 11.9. The molecule has 0 aromatic carbocycles. The zero-order chi connectivity index (χ0) is 15.4. The molecule has 1 aliphatic rings. The quantitative estimate of drug-likeness (QED) is 0.219. The van der Waals surface area contributed by atoms with E-state index in [2.05, 4.69) is 14.0 Å². The van der Waals surface area contributed by atoms with Crippen molar-refractivity contribution in [2.24, 2.45) is 0 Å². The molecule has 122 valence electrons. The number of ether oxygens (including phenoxy) is 1. The number of hydrogen-bond donors (Lipinski definition) is 2. The first kappa shape index (κ1) is 30.7. The van der Waals surface area contributed by atoms with Crippen LogP contribution in [0.3, 0.4) is 0 Å². The number of carboxylic acids is 2. The van der Waals surface area contributed by atoms with E-state index in [0.29, 0.717) is 6.42 Å². The minimum absolute atomic E-state index is 0. The molecule has 4 unspecified atom stereocenters. The predicted octanol–water partition coefficient (Wildman–Crippen LogP) is -0.928. The summed E-state index contributed by atoms with van der Waals surface area (Å²) in [7, 11) is 4.18. The van der Waals surface area contributed by atoms with Gasteiger partial charge in [-0.3, -0.25) is 32.0 Å². The average Bonchev–Trinajstić information content (AvgIpc) is 2.36. The van der Waals surface area contributed by atoms with E-state index in [-0.39, 0.29) is 70.9 Å². The molecule has 0 spiro atoms. The third-order valence-corrected chi connectivity index (χ3v) is 2.75. The van der Waals surface area contributed by atoms with Gasteiger partial charge in [-0.05, 0) is 10.3 Å². The van der Waals surface area contributed by atoms with Crippen LogP contribution in [-0.2, 0) is 89.3 Å². The van der Waals surface area contributed by atoms with Gasteiger partial charge in [-0.25, -0.2) is 0 Å². The van der Waals surface area contributed by atoms with E-state index >= 15 is 0 Å². The summed E-state index contributed by atoms with van der Waals surface area (Å²) in [5.74, 6) is -3.48. The number of carbonyl (C=O) groups excluding carboxylic acids is 2. The smallest absolute Gasteiger partial charge is 0.293 e. The number of hydrogen-bond acceptors (Lipinski definition) is 5. The molecule has 0 amide bonds. The van der Waals surface area contributed by atoms with Gasteiger partial charge in [0.25, 0.3) is 11.9 Å². The molecular weight excluding hydrogens is 488 g/mol. The van der Waals surface area contributed by atoms with Crippen molar-refractivity contribution in [2.45, 2.75) is 24.2 Å². The molecule has 0 aromatic heterocycles. The van der Waals surface area contributed by atoms with E-state index in [1.54, 1.807) is 6.92 Å². The summed E-state index contributed by atoms with van der Waals surface area (Å²) in [6.07, 6.45) is 1.94. The Morgan fingerprint density at radius 1 is 1.32 bits per heavy atom. The Bertz CT molecular complexity index is 425. The Labute approximate surface area is 182 Å². The Morgan fingerprint density at radius 2 is 1.73 bits per heavy atom. The number of cyclic esters (lactones) is 2. The first-order valence-electron chi connectivity index (χ1n) is 4.90. The van der Waals surface area contributed by atoms with Gasteiger partial charge in [-0.15, -0.1) is 18.5 Å². The second kappa shape index (κ2) is 12.2. The fraction of sp³-hybridized carbons (Fsp3) is 0.400. The molecular formula is C10H16O8P2Y2-2. The molecule has 0 aliphatic carbocycles. The van der Waals surface area contributed by atoms with Gasteiger partial charge in [0.05, 0.1) is 0 Å². The van der Waals surface area contributed by atoms with Crippen LogP contribution in [0.5, 0.6) is 0 Å². The molecule has 1 saturated heterocycles. The van der Waals surface area contributed by atoms with Gasteiger partial charge in [0, 0.05) is 65.4 Å². The maximum absolute atomic E-state index is 10.6. The summed E-state index contributed by atoms with van der Waals surface area (Å²) in [6.45, 7) is 2.89. The van der Waals surface area contributed by atoms with E-state index in [1.807, 2.05) is 9.24 Å². The summed E-state index contributed by atoms with van der Waals surface area (Å²) in [5.41, 5.74) is 0. The SMILES string of the molecule is CC(P)([CH-]C(=O)O)C(=O)O.CC1(P)[CH-]C(=O)OC1=O.O.[Y].[Y]. The molecule has 1 rings (SSSR count). The second-order valence-electron chi connectivity index (χ2n) is 4.21. The van der Waals surface area contributed by atoms with Gasteiger partial charge in [-0.2, -0.15) is 0 Å². The van der Waals surface area contributed by atoms with Crippen LogP contribution in [0.4, 0.5) is 0 Å². The molecule has 4 atom stereocenters. The van der Waals surface area contributed by atoms with Crippen molar-refractivity contribution >= 4 is 42.4 Å². The molecule has 12 heteroatoms. The Morgan fingerprint density at radius 3 is 1.82 bits per heavy atom. The zero-order valence-corrected chi connectivity index (χ0v) is 19.9. The predicted molar refractivity (Wildman–Crippen MR) is 74.8 cm³/mol. The van der Waals surface area contributed by atoms with Crippen molar-refractivity contribution in [3.8, 4) is 0 Å². The fourth-order valence-electron chi connectivity index (χ4n) is 0.853. The van der Waals surface area contributed by atoms with Gasteiger partial charge in [0.2, 0.25) is 0 Å². The third-order valence-electron chi connectivity index (χ3n) is 1.93. The van der Waals surface area contributed by atoms with Gasteiger partial charge in [0.1, 0.15) is 0 Å². The molecule has 0 aromatic rings. The summed E-state index contributed by atoms with van der Waals surface area (Å²) >= 11 is 0. The maximum Gasteiger partial charge on any atom is 0.293 e. The van der Waals surface area contributed by atoms with Crippen LogP contribution in [0.25, 0.3) is 0 Å². The Kier molecular flexibility index (Phi) is 17.1. The van der Waals surface area contributed by atoms with E-state index in [9.17, 15) is 19.2 Å². The van der Waals surface area contributed by atoms with Crippen molar-refractivity contribution in [1.29, 1.82) is 0 Å². The molecule has 1 fully saturated rings. The third kappa shape index (κ3) is 11.4. The monoisotopic (exact) mass is 504 g/mol. The molecule has 0 bridgehead atoms. The number of carbonyl (C=O) groups is 4. The van der Waals surface area contributed by atoms with Crippen LogP contribution in [0.15, 0.2) is 0 Å². The largest absolute Gasteiger partial charge is 0.503 e. The minimum Gasteiger partial charge on any atom is -0.503 e. The summed E-state index contributed by atoms with van der Waals surface area (Å²) in [4.78, 5) is 41.2. The van der Waals surface area contributed by atoms with Gasteiger partial charge in [-0.1, -0.05) is 13.8 Å². The van der Waals surface area contributed by atoms with E-state index in [0.717, 1.165) is 0 Å². The molecule has 8 nitrogen and oxygen atoms in total. The van der Waals surface area contributed by atoms with Crippen LogP contribution in [0.1, 0.15) is 13.8 Å². The van der Waals surface area contributed by atoms with Crippen molar-refractivity contribution in [3.05, 3.63) is 12.8 Å². The molecule has 0 saturated carbocycles. The Balaban J connectivity index is -0.000000130. The van der Waals surface area contributed by atoms with E-state index < -0.39 is 34.2 Å². The standard InChI is InChI=1S/C5H8O4P.C5H6O3P.H2O.2Y/c1-5(10,4(8)9)2-3(6)7;1-5(9)2-3(6)8-4(5)7;;;/h2H,10H2,1H3,(H,6,7)(H,8,9);2H,9H2,1H3;1H2;;/q2*-1;;;. The molecule has 22 heavy (non-hydrogen) atoms. The van der Waals surface area contributed by atoms with Crippen LogP contribution < -0.4 is 0 Å². The van der Waals surface area contributed by atoms with Crippen molar-refractivity contribution < 1.29 is 105 Å². The second-order valence-corrected chi connectivity index (χ2v) is 6.60. The van der Waals surface area contributed by atoms with Crippen LogP contribution in [0, 0.1) is 12.8 Å². The number of carboxylic acid groups (broad SMARTS) is 2. The van der Waals surface area contributed by atoms with Crippen LogP contribution in [0.2, 0.25) is 0 Å². The van der Waals surface area contributed by atoms with Crippen LogP contribution >= 0.6 is 18.5 Å². The molecule has 1 aliphatic heterocycles. The number of aliphatic carboxylic acids is 2. The summed E-state index contributed by atoms with van der Waals surface area (Å²) in [6, 6.07) is 0. The summed E-state index contributed by atoms with van der Waals surface area (Å²) < 4.78 is 4.22. The molecule has 2 radical (unpaired) electrons. The van der Waals surface area contributed by atoms with E-state index in [1.165, 1.54) is 13.3 Å². The first-order valence-corrected chi connectivity index (χ1v) is 6.06. The number of rotatable bonds is 3. The van der Waals surface area contributed by atoms with Gasteiger partial charge >= 0.3 is 0 Å². The van der Waals surface area contributed by atoms with Gasteiger partial charge in [0.15, 0.2) is 11.9 Å². The van der Waals surface area contributed by atoms with Crippen molar-refractivity contribution in [3.63, 3.8) is 0 Å². The van der Waals surface area contributed by atoms with Crippen molar-refractivity contribution in [1.82, 2.24) is 0 Å². The average molecular weight is 504 g/mol. The molecule has 4 N–H and O–H groups in total. The summed E-state index contributed by atoms with van der Waals surface area (Å²) in [5, 5.41) is 14.4.